The van der Waals surface area contributed by atoms with Crippen LogP contribution in [0.5, 0.6) is 0 Å². The molecule has 0 bridgehead atoms. The summed E-state index contributed by atoms with van der Waals surface area (Å²) in [6, 6.07) is 0. The second kappa shape index (κ2) is 3.45. The zero-order valence-corrected chi connectivity index (χ0v) is 6.22. The van der Waals surface area contributed by atoms with Crippen molar-refractivity contribution in [3.63, 3.8) is 0 Å². The summed E-state index contributed by atoms with van der Waals surface area (Å²) in [4.78, 5) is 0. The largest absolute Gasteiger partial charge is 0.394 e. The highest BCUT2D eigenvalue weighted by atomic mass is 19.3. The van der Waals surface area contributed by atoms with Crippen LogP contribution in [-0.4, -0.2) is 30.3 Å². The number of rotatable bonds is 1. The molecule has 0 radical (unpaired) electrons. The summed E-state index contributed by atoms with van der Waals surface area (Å²) < 4.78 is 29.9. The minimum absolute atomic E-state index is 0.122. The van der Waals surface area contributed by atoms with E-state index in [1.807, 2.05) is 0 Å². The van der Waals surface area contributed by atoms with Gasteiger partial charge in [0, 0.05) is 6.42 Å². The lowest BCUT2D eigenvalue weighted by Gasteiger charge is -2.13. The lowest BCUT2D eigenvalue weighted by atomic mass is 10.1. The van der Waals surface area contributed by atoms with Gasteiger partial charge in [0.05, 0.1) is 12.7 Å². The lowest BCUT2D eigenvalue weighted by molar-refractivity contribution is -0.0944. The molecule has 0 aromatic rings. The van der Waals surface area contributed by atoms with Crippen LogP contribution < -0.4 is 0 Å². The van der Waals surface area contributed by atoms with Gasteiger partial charge in [-0.15, -0.1) is 0 Å². The molecule has 0 spiro atoms. The first-order chi connectivity index (χ1) is 5.14. The normalized spacial score (nSPS) is 31.4. The van der Waals surface area contributed by atoms with Gasteiger partial charge in [-0.1, -0.05) is 0 Å². The molecule has 1 fully saturated rings. The van der Waals surface area contributed by atoms with Crippen LogP contribution in [0.3, 0.4) is 0 Å². The topological polar surface area (TPSA) is 29.5 Å². The van der Waals surface area contributed by atoms with Crippen LogP contribution in [0.25, 0.3) is 0 Å². The number of alkyl halides is 2. The number of ether oxygens (including phenoxy) is 1. The molecule has 11 heavy (non-hydrogen) atoms. The zero-order valence-electron chi connectivity index (χ0n) is 6.22. The summed E-state index contributed by atoms with van der Waals surface area (Å²) >= 11 is 0. The molecule has 1 heterocycles. The predicted octanol–water partition coefficient (Wildman–Crippen LogP) is 1.18. The van der Waals surface area contributed by atoms with Crippen molar-refractivity contribution < 1.29 is 18.6 Å². The van der Waals surface area contributed by atoms with E-state index in [9.17, 15) is 8.78 Å². The van der Waals surface area contributed by atoms with Gasteiger partial charge >= 0.3 is 0 Å². The molecule has 0 aliphatic carbocycles. The maximum atomic E-state index is 12.6. The molecule has 2 nitrogen and oxygen atoms in total. The molecule has 0 aromatic carbocycles. The molecule has 1 aliphatic rings. The molecular formula is C7H12F2O2. The van der Waals surface area contributed by atoms with Gasteiger partial charge in [-0.3, -0.25) is 0 Å². The maximum Gasteiger partial charge on any atom is 0.271 e. The second-order valence-corrected chi connectivity index (χ2v) is 2.86. The summed E-state index contributed by atoms with van der Waals surface area (Å²) in [6.07, 6.45) is 0.455. The van der Waals surface area contributed by atoms with E-state index >= 15 is 0 Å². The van der Waals surface area contributed by atoms with Crippen LogP contribution in [0.1, 0.15) is 19.3 Å². The van der Waals surface area contributed by atoms with Gasteiger partial charge in [-0.2, -0.15) is 0 Å². The monoisotopic (exact) mass is 166 g/mol. The van der Waals surface area contributed by atoms with Gasteiger partial charge in [0.2, 0.25) is 0 Å². The number of halogens is 2. The van der Waals surface area contributed by atoms with Crippen LogP contribution in [0.2, 0.25) is 0 Å². The van der Waals surface area contributed by atoms with E-state index in [2.05, 4.69) is 0 Å². The molecule has 1 N–H and O–H groups in total. The van der Waals surface area contributed by atoms with E-state index < -0.39 is 12.5 Å². The Labute approximate surface area is 64.2 Å². The van der Waals surface area contributed by atoms with Crippen molar-refractivity contribution >= 4 is 0 Å². The van der Waals surface area contributed by atoms with Crippen LogP contribution in [0, 0.1) is 0 Å². The third-order valence-electron chi connectivity index (χ3n) is 1.80. The highest BCUT2D eigenvalue weighted by Crippen LogP contribution is 2.26. The Morgan fingerprint density at radius 3 is 2.91 bits per heavy atom. The Hall–Kier alpha value is -0.220. The fraction of sp³-hybridized carbons (Fsp3) is 1.00. The Balaban J connectivity index is 2.39. The standard InChI is InChI=1S/C7H12F2O2/c8-7(9)3-1-2-6(4-10)11-5-7/h6,10H,1-5H2. The summed E-state index contributed by atoms with van der Waals surface area (Å²) in [5, 5.41) is 8.62. The number of aliphatic hydroxyl groups excluding tert-OH is 1. The van der Waals surface area contributed by atoms with E-state index in [-0.39, 0.29) is 19.1 Å². The van der Waals surface area contributed by atoms with Gasteiger partial charge in [0.25, 0.3) is 5.92 Å². The highest BCUT2D eigenvalue weighted by Gasteiger charge is 2.32. The first-order valence-electron chi connectivity index (χ1n) is 3.74. The quantitative estimate of drug-likeness (QED) is 0.633. The molecule has 1 saturated heterocycles. The summed E-state index contributed by atoms with van der Waals surface area (Å²) in [5.41, 5.74) is 0. The maximum absolute atomic E-state index is 12.6. The molecule has 0 amide bonds. The van der Waals surface area contributed by atoms with Gasteiger partial charge < -0.3 is 9.84 Å². The minimum Gasteiger partial charge on any atom is -0.394 e. The van der Waals surface area contributed by atoms with Crippen molar-refractivity contribution in [3.8, 4) is 0 Å². The number of aliphatic hydroxyl groups is 1. The van der Waals surface area contributed by atoms with Crippen LogP contribution in [0.4, 0.5) is 8.78 Å². The van der Waals surface area contributed by atoms with E-state index in [4.69, 9.17) is 9.84 Å². The Morgan fingerprint density at radius 2 is 2.27 bits per heavy atom. The Morgan fingerprint density at radius 1 is 1.55 bits per heavy atom. The van der Waals surface area contributed by atoms with Crippen molar-refractivity contribution in [1.29, 1.82) is 0 Å². The van der Waals surface area contributed by atoms with Gasteiger partial charge in [-0.25, -0.2) is 8.78 Å². The lowest BCUT2D eigenvalue weighted by Crippen LogP contribution is -2.24. The molecule has 66 valence electrons. The SMILES string of the molecule is OCC1CCCC(F)(F)CO1. The highest BCUT2D eigenvalue weighted by molar-refractivity contribution is 4.72. The van der Waals surface area contributed by atoms with Crippen molar-refractivity contribution in [2.75, 3.05) is 13.2 Å². The second-order valence-electron chi connectivity index (χ2n) is 2.86. The minimum atomic E-state index is -2.69. The van der Waals surface area contributed by atoms with Crippen LogP contribution in [-0.2, 0) is 4.74 Å². The Kier molecular flexibility index (Phi) is 2.78. The summed E-state index contributed by atoms with van der Waals surface area (Å²) in [7, 11) is 0. The van der Waals surface area contributed by atoms with Gasteiger partial charge in [-0.05, 0) is 12.8 Å². The van der Waals surface area contributed by atoms with Gasteiger partial charge in [0.1, 0.15) is 6.61 Å². The average Bonchev–Trinajstić information content (AvgIpc) is 2.10. The summed E-state index contributed by atoms with van der Waals surface area (Å²) in [5.74, 6) is -2.69. The zero-order chi connectivity index (χ0) is 8.32. The molecule has 0 saturated carbocycles. The summed E-state index contributed by atoms with van der Waals surface area (Å²) in [6.45, 7) is -0.700. The fourth-order valence-electron chi connectivity index (χ4n) is 1.13. The van der Waals surface area contributed by atoms with Gasteiger partial charge in [0.15, 0.2) is 0 Å². The molecule has 1 rings (SSSR count). The van der Waals surface area contributed by atoms with Crippen molar-refractivity contribution in [3.05, 3.63) is 0 Å². The fourth-order valence-corrected chi connectivity index (χ4v) is 1.13. The predicted molar refractivity (Wildman–Crippen MR) is 35.6 cm³/mol. The van der Waals surface area contributed by atoms with E-state index in [1.54, 1.807) is 0 Å². The molecule has 0 aromatic heterocycles. The van der Waals surface area contributed by atoms with Crippen molar-refractivity contribution in [2.45, 2.75) is 31.3 Å². The van der Waals surface area contributed by atoms with E-state index in [0.29, 0.717) is 12.8 Å². The third kappa shape index (κ3) is 2.71. The van der Waals surface area contributed by atoms with Crippen LogP contribution >= 0.6 is 0 Å². The van der Waals surface area contributed by atoms with Crippen molar-refractivity contribution in [1.82, 2.24) is 0 Å². The molecular weight excluding hydrogens is 154 g/mol. The number of hydrogen-bond acceptors (Lipinski definition) is 2. The molecule has 4 heteroatoms. The first kappa shape index (κ1) is 8.87. The molecule has 1 aliphatic heterocycles. The van der Waals surface area contributed by atoms with E-state index in [0.717, 1.165) is 0 Å². The van der Waals surface area contributed by atoms with E-state index in [1.165, 1.54) is 0 Å². The number of hydrogen-bond donors (Lipinski definition) is 1. The first-order valence-corrected chi connectivity index (χ1v) is 3.74. The third-order valence-corrected chi connectivity index (χ3v) is 1.80. The van der Waals surface area contributed by atoms with Crippen molar-refractivity contribution in [2.24, 2.45) is 0 Å². The smallest absolute Gasteiger partial charge is 0.271 e. The average molecular weight is 166 g/mol. The molecule has 1 unspecified atom stereocenters. The Bertz CT molecular complexity index is 128. The van der Waals surface area contributed by atoms with Crippen LogP contribution in [0.15, 0.2) is 0 Å². The molecule has 1 atom stereocenters.